The number of nitrogens with zero attached hydrogens (tertiary/aromatic N) is 1. The number of carbonyl (C=O) groups is 1. The SMILES string of the molecule is COc1ccc([C@@]23CC[C@H](NC(=O)Nc4ccc(F)c(F)c4)C[C@H]2N(Cc2ccsc2)CC3)cc1OC. The van der Waals surface area contributed by atoms with Crippen molar-refractivity contribution >= 4 is 23.1 Å². The molecule has 9 heteroatoms. The van der Waals surface area contributed by atoms with Crippen LogP contribution in [0.15, 0.2) is 53.2 Å². The summed E-state index contributed by atoms with van der Waals surface area (Å²) in [4.78, 5) is 15.3. The molecule has 196 valence electrons. The maximum absolute atomic E-state index is 13.6. The molecular weight excluding hydrogens is 496 g/mol. The lowest BCUT2D eigenvalue weighted by atomic mass is 9.65. The minimum Gasteiger partial charge on any atom is -0.493 e. The van der Waals surface area contributed by atoms with Crippen molar-refractivity contribution in [3.8, 4) is 11.5 Å². The van der Waals surface area contributed by atoms with Crippen LogP contribution in [-0.4, -0.2) is 43.8 Å². The van der Waals surface area contributed by atoms with Gasteiger partial charge in [0.2, 0.25) is 0 Å². The number of ether oxygens (including phenoxy) is 2. The predicted octanol–water partition coefficient (Wildman–Crippen LogP) is 5.93. The van der Waals surface area contributed by atoms with E-state index in [0.29, 0.717) is 5.75 Å². The number of amides is 2. The minimum absolute atomic E-state index is 0.0494. The van der Waals surface area contributed by atoms with E-state index in [0.717, 1.165) is 56.7 Å². The van der Waals surface area contributed by atoms with E-state index in [-0.39, 0.29) is 23.2 Å². The molecule has 0 radical (unpaired) electrons. The van der Waals surface area contributed by atoms with E-state index in [1.165, 1.54) is 17.2 Å². The molecule has 5 rings (SSSR count). The zero-order valence-corrected chi connectivity index (χ0v) is 21.7. The second-order valence-corrected chi connectivity index (χ2v) is 10.6. The summed E-state index contributed by atoms with van der Waals surface area (Å²) in [6.07, 6.45) is 3.51. The van der Waals surface area contributed by atoms with Gasteiger partial charge in [-0.25, -0.2) is 13.6 Å². The number of methoxy groups -OCH3 is 2. The van der Waals surface area contributed by atoms with Crippen LogP contribution in [0.3, 0.4) is 0 Å². The number of rotatable bonds is 7. The molecule has 2 N–H and O–H groups in total. The highest BCUT2D eigenvalue weighted by Crippen LogP contribution is 2.50. The van der Waals surface area contributed by atoms with Crippen molar-refractivity contribution in [2.75, 3.05) is 26.1 Å². The fourth-order valence-corrected chi connectivity index (χ4v) is 6.65. The van der Waals surface area contributed by atoms with E-state index in [1.54, 1.807) is 25.6 Å². The number of carbonyl (C=O) groups excluding carboxylic acids is 1. The first-order chi connectivity index (χ1) is 17.9. The van der Waals surface area contributed by atoms with Gasteiger partial charge in [-0.2, -0.15) is 11.3 Å². The van der Waals surface area contributed by atoms with Gasteiger partial charge in [-0.05, 0) is 84.4 Å². The Labute approximate surface area is 219 Å². The number of likely N-dealkylation sites (tertiary alicyclic amines) is 1. The van der Waals surface area contributed by atoms with E-state index in [9.17, 15) is 13.6 Å². The molecule has 1 aromatic heterocycles. The van der Waals surface area contributed by atoms with Gasteiger partial charge in [-0.1, -0.05) is 6.07 Å². The summed E-state index contributed by atoms with van der Waals surface area (Å²) < 4.78 is 37.9. The number of halogens is 2. The smallest absolute Gasteiger partial charge is 0.319 e. The van der Waals surface area contributed by atoms with Crippen LogP contribution in [0.25, 0.3) is 0 Å². The molecule has 0 unspecified atom stereocenters. The van der Waals surface area contributed by atoms with E-state index in [1.807, 2.05) is 6.07 Å². The molecule has 1 saturated heterocycles. The highest BCUT2D eigenvalue weighted by molar-refractivity contribution is 7.07. The number of urea groups is 1. The monoisotopic (exact) mass is 527 g/mol. The third kappa shape index (κ3) is 5.15. The summed E-state index contributed by atoms with van der Waals surface area (Å²) >= 11 is 1.70. The van der Waals surface area contributed by atoms with Crippen molar-refractivity contribution in [2.45, 2.75) is 49.7 Å². The zero-order valence-electron chi connectivity index (χ0n) is 20.9. The van der Waals surface area contributed by atoms with Crippen LogP contribution in [0.2, 0.25) is 0 Å². The molecule has 1 aliphatic carbocycles. The molecule has 2 aromatic carbocycles. The Morgan fingerprint density at radius 1 is 1.08 bits per heavy atom. The summed E-state index contributed by atoms with van der Waals surface area (Å²) in [5, 5.41) is 9.98. The Hall–Kier alpha value is -3.17. The summed E-state index contributed by atoms with van der Waals surface area (Å²) in [6, 6.07) is 11.5. The molecule has 2 aliphatic rings. The molecule has 0 bridgehead atoms. The molecule has 3 aromatic rings. The Balaban J connectivity index is 1.36. The standard InChI is InChI=1S/C28H31F2N3O3S/c1-35-24-6-3-19(13-25(24)36-2)28-9-7-21(32-27(34)31-20-4-5-22(29)23(30)14-20)15-26(28)33(11-10-28)16-18-8-12-37-17-18/h3-6,8,12-14,17,21,26H,7,9-11,15-16H2,1-2H3,(H2,31,32,34)/t21-,26+,28-/m0/s1. The number of thiophene rings is 1. The Morgan fingerprint density at radius 2 is 1.92 bits per heavy atom. The van der Waals surface area contributed by atoms with Crippen molar-refractivity contribution < 1.29 is 23.0 Å². The van der Waals surface area contributed by atoms with Gasteiger partial charge < -0.3 is 20.1 Å². The lowest BCUT2D eigenvalue weighted by Crippen LogP contribution is -2.52. The van der Waals surface area contributed by atoms with Crippen LogP contribution >= 0.6 is 11.3 Å². The first kappa shape index (κ1) is 25.5. The summed E-state index contributed by atoms with van der Waals surface area (Å²) in [5.41, 5.74) is 2.67. The van der Waals surface area contributed by atoms with Crippen molar-refractivity contribution in [2.24, 2.45) is 0 Å². The number of anilines is 1. The molecule has 1 saturated carbocycles. The third-order valence-electron chi connectivity index (χ3n) is 7.81. The first-order valence-corrected chi connectivity index (χ1v) is 13.4. The molecule has 37 heavy (non-hydrogen) atoms. The summed E-state index contributed by atoms with van der Waals surface area (Å²) in [6.45, 7) is 1.82. The number of fused-ring (bicyclic) bond motifs is 1. The number of hydrogen-bond acceptors (Lipinski definition) is 5. The number of hydrogen-bond donors (Lipinski definition) is 2. The molecule has 6 nitrogen and oxygen atoms in total. The summed E-state index contributed by atoms with van der Waals surface area (Å²) in [7, 11) is 3.29. The second kappa shape index (κ2) is 10.7. The van der Waals surface area contributed by atoms with E-state index in [2.05, 4.69) is 44.5 Å². The van der Waals surface area contributed by atoms with E-state index >= 15 is 0 Å². The third-order valence-corrected chi connectivity index (χ3v) is 8.54. The maximum Gasteiger partial charge on any atom is 0.319 e. The highest BCUT2D eigenvalue weighted by Gasteiger charge is 2.51. The highest BCUT2D eigenvalue weighted by atomic mass is 32.1. The van der Waals surface area contributed by atoms with Crippen LogP contribution < -0.4 is 20.1 Å². The van der Waals surface area contributed by atoms with Gasteiger partial charge in [0, 0.05) is 35.8 Å². The topological polar surface area (TPSA) is 62.8 Å². The van der Waals surface area contributed by atoms with Crippen molar-refractivity contribution in [1.29, 1.82) is 0 Å². The molecule has 2 fully saturated rings. The van der Waals surface area contributed by atoms with E-state index in [4.69, 9.17) is 9.47 Å². The largest absolute Gasteiger partial charge is 0.493 e. The van der Waals surface area contributed by atoms with Crippen LogP contribution in [0, 0.1) is 11.6 Å². The average molecular weight is 528 g/mol. The fraction of sp³-hybridized carbons (Fsp3) is 0.393. The van der Waals surface area contributed by atoms with E-state index < -0.39 is 17.7 Å². The van der Waals surface area contributed by atoms with Crippen molar-refractivity contribution in [3.63, 3.8) is 0 Å². The molecule has 2 amide bonds. The molecule has 2 heterocycles. The second-order valence-electron chi connectivity index (χ2n) is 9.79. The molecule has 3 atom stereocenters. The quantitative estimate of drug-likeness (QED) is 0.400. The van der Waals surface area contributed by atoms with Crippen molar-refractivity contribution in [3.05, 3.63) is 76.0 Å². The van der Waals surface area contributed by atoms with Crippen LogP contribution in [-0.2, 0) is 12.0 Å². The molecule has 0 spiro atoms. The van der Waals surface area contributed by atoms with Gasteiger partial charge in [-0.15, -0.1) is 0 Å². The normalized spacial score (nSPS) is 23.4. The Morgan fingerprint density at radius 3 is 2.65 bits per heavy atom. The lowest BCUT2D eigenvalue weighted by molar-refractivity contribution is 0.131. The maximum atomic E-state index is 13.6. The zero-order chi connectivity index (χ0) is 26.0. The van der Waals surface area contributed by atoms with Crippen LogP contribution in [0.1, 0.15) is 36.8 Å². The van der Waals surface area contributed by atoms with Gasteiger partial charge in [-0.3, -0.25) is 4.90 Å². The van der Waals surface area contributed by atoms with Gasteiger partial charge in [0.1, 0.15) is 0 Å². The van der Waals surface area contributed by atoms with Crippen LogP contribution in [0.4, 0.5) is 19.3 Å². The Kier molecular flexibility index (Phi) is 7.35. The molecule has 1 aliphatic heterocycles. The Bertz CT molecular complexity index is 1260. The average Bonchev–Trinajstić information content (AvgIpc) is 3.55. The van der Waals surface area contributed by atoms with Crippen LogP contribution in [0.5, 0.6) is 11.5 Å². The van der Waals surface area contributed by atoms with Gasteiger partial charge in [0.05, 0.1) is 14.2 Å². The number of nitrogens with one attached hydrogen (secondary N) is 2. The minimum atomic E-state index is -0.995. The predicted molar refractivity (Wildman–Crippen MR) is 141 cm³/mol. The fourth-order valence-electron chi connectivity index (χ4n) is 5.99. The summed E-state index contributed by atoms with van der Waals surface area (Å²) in [5.74, 6) is -0.519. The van der Waals surface area contributed by atoms with Gasteiger partial charge in [0.25, 0.3) is 0 Å². The first-order valence-electron chi connectivity index (χ1n) is 12.4. The lowest BCUT2D eigenvalue weighted by Gasteiger charge is -2.45. The van der Waals surface area contributed by atoms with Gasteiger partial charge >= 0.3 is 6.03 Å². The van der Waals surface area contributed by atoms with Crippen molar-refractivity contribution in [1.82, 2.24) is 10.2 Å². The molecular formula is C28H31F2N3O3S. The number of benzene rings is 2. The van der Waals surface area contributed by atoms with Gasteiger partial charge in [0.15, 0.2) is 23.1 Å².